The zero-order valence-electron chi connectivity index (χ0n) is 16.0. The third-order valence-electron chi connectivity index (χ3n) is 5.70. The lowest BCUT2D eigenvalue weighted by Gasteiger charge is -2.30. The Labute approximate surface area is 168 Å². The van der Waals surface area contributed by atoms with Gasteiger partial charge >= 0.3 is 0 Å². The van der Waals surface area contributed by atoms with Gasteiger partial charge in [-0.25, -0.2) is 4.39 Å². The van der Waals surface area contributed by atoms with Crippen LogP contribution in [0.3, 0.4) is 0 Å². The minimum atomic E-state index is -0.308. The molecule has 1 aromatic heterocycles. The molecule has 0 bridgehead atoms. The number of piperidine rings is 1. The number of nitrogens with zero attached hydrogens (tertiary/aromatic N) is 4. The van der Waals surface area contributed by atoms with Gasteiger partial charge in [-0.05, 0) is 35.9 Å². The van der Waals surface area contributed by atoms with E-state index in [9.17, 15) is 0 Å². The Kier molecular flexibility index (Phi) is 4.77. The average molecular weight is 387 g/mol. The summed E-state index contributed by atoms with van der Waals surface area (Å²) in [5.41, 5.74) is 1.52. The average Bonchev–Trinajstić information content (AvgIpc) is 3.27. The number of aromatic nitrogens is 4. The van der Waals surface area contributed by atoms with Gasteiger partial charge in [0.05, 0.1) is 0 Å². The molecule has 4 aromatic rings. The first kappa shape index (κ1) is 17.9. The van der Waals surface area contributed by atoms with Gasteiger partial charge in [0.25, 0.3) is 0 Å². The highest BCUT2D eigenvalue weighted by molar-refractivity contribution is 5.83. The van der Waals surface area contributed by atoms with Gasteiger partial charge in [0.15, 0.2) is 0 Å². The largest absolute Gasteiger partial charge is 0.316 e. The van der Waals surface area contributed by atoms with E-state index < -0.39 is 0 Å². The lowest BCUT2D eigenvalue weighted by atomic mass is 9.86. The normalized spacial score (nSPS) is 18.0. The molecule has 0 aliphatic carbocycles. The minimum absolute atomic E-state index is 0.192. The summed E-state index contributed by atoms with van der Waals surface area (Å²) < 4.78 is 15.6. The van der Waals surface area contributed by atoms with Crippen LogP contribution in [0.4, 0.5) is 4.39 Å². The molecule has 1 fully saturated rings. The van der Waals surface area contributed by atoms with Crippen LogP contribution in [0.5, 0.6) is 0 Å². The number of tetrazole rings is 1. The molecule has 6 heteroatoms. The van der Waals surface area contributed by atoms with Crippen LogP contribution in [0.1, 0.15) is 24.4 Å². The molecule has 146 valence electrons. The molecule has 0 spiro atoms. The first-order valence-electron chi connectivity index (χ1n) is 10.0. The van der Waals surface area contributed by atoms with Crippen LogP contribution >= 0.6 is 0 Å². The molecule has 2 atom stereocenters. The van der Waals surface area contributed by atoms with Gasteiger partial charge in [-0.15, -0.1) is 10.2 Å². The molecule has 1 N–H and O–H groups in total. The number of benzene rings is 3. The van der Waals surface area contributed by atoms with Crippen LogP contribution in [0.25, 0.3) is 22.2 Å². The Bertz CT molecular complexity index is 1120. The first-order valence-corrected chi connectivity index (χ1v) is 10.0. The van der Waals surface area contributed by atoms with Crippen molar-refractivity contribution >= 4 is 10.8 Å². The minimum Gasteiger partial charge on any atom is -0.316 e. The summed E-state index contributed by atoms with van der Waals surface area (Å²) in [6.45, 7) is 1.79. The highest BCUT2D eigenvalue weighted by Gasteiger charge is 2.31. The number of rotatable bonds is 4. The first-order chi connectivity index (χ1) is 14.3. The molecule has 5 nitrogen and oxygen atoms in total. The third kappa shape index (κ3) is 3.40. The smallest absolute Gasteiger partial charge is 0.204 e. The van der Waals surface area contributed by atoms with Gasteiger partial charge in [-0.1, -0.05) is 66.7 Å². The Hall–Kier alpha value is -3.12. The van der Waals surface area contributed by atoms with E-state index in [1.54, 1.807) is 4.80 Å². The van der Waals surface area contributed by atoms with Crippen molar-refractivity contribution < 1.29 is 4.39 Å². The van der Waals surface area contributed by atoms with Crippen molar-refractivity contribution in [2.75, 3.05) is 13.1 Å². The molecule has 5 rings (SSSR count). The summed E-state index contributed by atoms with van der Waals surface area (Å²) in [5, 5.41) is 18.2. The molecule has 1 aliphatic heterocycles. The van der Waals surface area contributed by atoms with Gasteiger partial charge < -0.3 is 5.32 Å². The number of halogens is 1. The van der Waals surface area contributed by atoms with Crippen LogP contribution in [0, 0.1) is 11.7 Å². The van der Waals surface area contributed by atoms with E-state index in [0.29, 0.717) is 16.8 Å². The second-order valence-corrected chi connectivity index (χ2v) is 7.54. The van der Waals surface area contributed by atoms with Gasteiger partial charge in [0.1, 0.15) is 11.9 Å². The lowest BCUT2D eigenvalue weighted by molar-refractivity contribution is 0.257. The lowest BCUT2D eigenvalue weighted by Crippen LogP contribution is -2.36. The molecular weight excluding hydrogens is 365 g/mol. The summed E-state index contributed by atoms with van der Waals surface area (Å²) in [6, 6.07) is 20.9. The Morgan fingerprint density at radius 2 is 1.83 bits per heavy atom. The fraction of sp³-hybridized carbons (Fsp3) is 0.261. The number of fused-ring (bicyclic) bond motifs is 1. The second-order valence-electron chi connectivity index (χ2n) is 7.54. The van der Waals surface area contributed by atoms with Crippen molar-refractivity contribution in [3.05, 3.63) is 78.1 Å². The summed E-state index contributed by atoms with van der Waals surface area (Å²) in [4.78, 5) is 1.60. The molecule has 0 amide bonds. The van der Waals surface area contributed by atoms with Crippen molar-refractivity contribution in [1.82, 2.24) is 25.5 Å². The van der Waals surface area contributed by atoms with Crippen molar-refractivity contribution in [1.29, 1.82) is 0 Å². The Balaban J connectivity index is 1.61. The maximum Gasteiger partial charge on any atom is 0.204 e. The predicted molar refractivity (Wildman–Crippen MR) is 111 cm³/mol. The van der Waals surface area contributed by atoms with Gasteiger partial charge in [0.2, 0.25) is 5.82 Å². The molecule has 2 heterocycles. The third-order valence-corrected chi connectivity index (χ3v) is 5.70. The van der Waals surface area contributed by atoms with Crippen molar-refractivity contribution in [3.63, 3.8) is 0 Å². The van der Waals surface area contributed by atoms with Crippen LogP contribution in [-0.2, 0) is 0 Å². The predicted octanol–water partition coefficient (Wildman–Crippen LogP) is 4.22. The fourth-order valence-electron chi connectivity index (χ4n) is 4.24. The van der Waals surface area contributed by atoms with E-state index in [-0.39, 0.29) is 17.8 Å². The van der Waals surface area contributed by atoms with Crippen molar-refractivity contribution in [2.45, 2.75) is 18.9 Å². The topological polar surface area (TPSA) is 55.6 Å². The van der Waals surface area contributed by atoms with Crippen LogP contribution in [-0.4, -0.2) is 33.3 Å². The zero-order valence-corrected chi connectivity index (χ0v) is 16.0. The quantitative estimate of drug-likeness (QED) is 0.570. The molecule has 1 aliphatic rings. The van der Waals surface area contributed by atoms with Crippen LogP contribution in [0.15, 0.2) is 66.7 Å². The van der Waals surface area contributed by atoms with E-state index in [1.807, 2.05) is 66.7 Å². The summed E-state index contributed by atoms with van der Waals surface area (Å²) in [7, 11) is 0. The zero-order chi connectivity index (χ0) is 19.6. The van der Waals surface area contributed by atoms with Crippen molar-refractivity contribution in [3.8, 4) is 11.4 Å². The summed E-state index contributed by atoms with van der Waals surface area (Å²) >= 11 is 0. The number of hydrogen-bond acceptors (Lipinski definition) is 4. The summed E-state index contributed by atoms with van der Waals surface area (Å²) in [6.07, 6.45) is 2.04. The standard InChI is InChI=1S/C23H22FN5/c24-21-19-11-5-4-7-16(19)12-13-20(21)22(18-10-6-14-25-15-18)29-27-23(26-28-29)17-8-2-1-3-9-17/h1-5,7-9,11-13,18,22,25H,6,10,14-15H2/t18?,22-/m0/s1. The monoisotopic (exact) mass is 387 g/mol. The van der Waals surface area contributed by atoms with Crippen molar-refractivity contribution in [2.24, 2.45) is 5.92 Å². The second kappa shape index (κ2) is 7.72. The Morgan fingerprint density at radius 3 is 2.66 bits per heavy atom. The SMILES string of the molecule is Fc1c([C@H](C2CCCNC2)n2nnc(-c3ccccc3)n2)ccc2ccccc12. The molecule has 1 unspecified atom stereocenters. The molecule has 1 saturated heterocycles. The highest BCUT2D eigenvalue weighted by atomic mass is 19.1. The van der Waals surface area contributed by atoms with Gasteiger partial charge in [-0.3, -0.25) is 0 Å². The maximum atomic E-state index is 15.6. The van der Waals surface area contributed by atoms with Crippen LogP contribution < -0.4 is 5.32 Å². The molecule has 29 heavy (non-hydrogen) atoms. The number of nitrogens with one attached hydrogen (secondary N) is 1. The summed E-state index contributed by atoms with van der Waals surface area (Å²) in [5.74, 6) is 0.551. The Morgan fingerprint density at radius 1 is 1.00 bits per heavy atom. The van der Waals surface area contributed by atoms with E-state index >= 15 is 4.39 Å². The van der Waals surface area contributed by atoms with E-state index in [4.69, 9.17) is 0 Å². The van der Waals surface area contributed by atoms with Gasteiger partial charge in [0, 0.05) is 23.1 Å². The molecule has 0 saturated carbocycles. The highest BCUT2D eigenvalue weighted by Crippen LogP contribution is 2.34. The van der Waals surface area contributed by atoms with Gasteiger partial charge in [-0.2, -0.15) is 4.80 Å². The fourth-order valence-corrected chi connectivity index (χ4v) is 4.24. The maximum absolute atomic E-state index is 15.6. The van der Waals surface area contributed by atoms with Crippen LogP contribution in [0.2, 0.25) is 0 Å². The van der Waals surface area contributed by atoms with E-state index in [2.05, 4.69) is 20.7 Å². The molecule has 3 aromatic carbocycles. The van der Waals surface area contributed by atoms with E-state index in [0.717, 1.165) is 36.9 Å². The van der Waals surface area contributed by atoms with E-state index in [1.165, 1.54) is 0 Å². The number of hydrogen-bond donors (Lipinski definition) is 1. The molecular formula is C23H22FN5. The molecule has 0 radical (unpaired) electrons.